The highest BCUT2D eigenvalue weighted by molar-refractivity contribution is 9.11. The maximum atomic E-state index is 11.5. The lowest BCUT2D eigenvalue weighted by atomic mass is 10.2. The van der Waals surface area contributed by atoms with Gasteiger partial charge in [0.15, 0.2) is 0 Å². The van der Waals surface area contributed by atoms with E-state index in [1.54, 1.807) is 29.8 Å². The molecule has 2 aromatic rings. The number of carbonyl (C=O) groups excluding carboxylic acids is 1. The lowest BCUT2D eigenvalue weighted by molar-refractivity contribution is -0.144. The summed E-state index contributed by atoms with van der Waals surface area (Å²) in [5, 5.41) is 1.96. The number of halogens is 1. The third-order valence-corrected chi connectivity index (χ3v) is 3.65. The summed E-state index contributed by atoms with van der Waals surface area (Å²) in [6.07, 6.45) is 3.61. The lowest BCUT2D eigenvalue weighted by Gasteiger charge is -2.02. The molecule has 0 aromatic carbocycles. The van der Waals surface area contributed by atoms with Crippen LogP contribution in [0.3, 0.4) is 0 Å². The summed E-state index contributed by atoms with van der Waals surface area (Å²) < 4.78 is 6.20. The van der Waals surface area contributed by atoms with Gasteiger partial charge in [0.05, 0.1) is 10.2 Å². The number of rotatable bonds is 4. The molecule has 2 heterocycles. The molecule has 0 atom stereocenters. The quantitative estimate of drug-likeness (QED) is 0.814. The molecular formula is C12H10BrNO2S. The van der Waals surface area contributed by atoms with Crippen LogP contribution in [0.2, 0.25) is 0 Å². The number of pyridine rings is 1. The largest absolute Gasteiger partial charge is 0.461 e. The summed E-state index contributed by atoms with van der Waals surface area (Å²) in [6, 6.07) is 5.61. The van der Waals surface area contributed by atoms with Gasteiger partial charge in [-0.15, -0.1) is 11.3 Å². The first-order valence-corrected chi connectivity index (χ1v) is 6.69. The minimum atomic E-state index is -0.236. The number of esters is 1. The molecule has 0 aliphatic rings. The zero-order valence-electron chi connectivity index (χ0n) is 8.93. The molecule has 0 saturated carbocycles. The smallest absolute Gasteiger partial charge is 0.310 e. The van der Waals surface area contributed by atoms with E-state index < -0.39 is 0 Å². The lowest BCUT2D eigenvalue weighted by Crippen LogP contribution is -2.07. The molecule has 0 fully saturated rings. The van der Waals surface area contributed by atoms with Gasteiger partial charge in [-0.05, 0) is 39.0 Å². The molecule has 0 aliphatic heterocycles. The molecule has 2 rings (SSSR count). The first-order chi connectivity index (χ1) is 8.24. The Kier molecular flexibility index (Phi) is 4.28. The molecule has 0 spiro atoms. The molecule has 0 saturated heterocycles. The van der Waals surface area contributed by atoms with E-state index in [0.717, 1.165) is 14.9 Å². The zero-order valence-corrected chi connectivity index (χ0v) is 11.3. The van der Waals surface area contributed by atoms with Gasteiger partial charge in [0, 0.05) is 18.0 Å². The highest BCUT2D eigenvalue weighted by Crippen LogP contribution is 2.21. The molecule has 2 aromatic heterocycles. The molecule has 0 aliphatic carbocycles. The second-order valence-corrected chi connectivity index (χ2v) is 5.75. The van der Waals surface area contributed by atoms with Gasteiger partial charge in [-0.1, -0.05) is 6.07 Å². The maximum Gasteiger partial charge on any atom is 0.310 e. The molecule has 3 nitrogen and oxygen atoms in total. The fourth-order valence-corrected chi connectivity index (χ4v) is 2.50. The van der Waals surface area contributed by atoms with Crippen molar-refractivity contribution in [2.45, 2.75) is 13.0 Å². The summed E-state index contributed by atoms with van der Waals surface area (Å²) in [5.41, 5.74) is 1.87. The molecule has 0 bridgehead atoms. The fourth-order valence-electron chi connectivity index (χ4n) is 1.31. The van der Waals surface area contributed by atoms with Crippen molar-refractivity contribution < 1.29 is 9.53 Å². The predicted octanol–water partition coefficient (Wildman–Crippen LogP) is 3.19. The van der Waals surface area contributed by atoms with Crippen LogP contribution >= 0.6 is 27.3 Å². The molecule has 0 radical (unpaired) electrons. The SMILES string of the molecule is O=C(Cc1cccnc1)OCc1csc(Br)c1. The topological polar surface area (TPSA) is 39.2 Å². The fraction of sp³-hybridized carbons (Fsp3) is 0.167. The summed E-state index contributed by atoms with van der Waals surface area (Å²) in [4.78, 5) is 15.5. The number of hydrogen-bond acceptors (Lipinski definition) is 4. The number of nitrogens with zero attached hydrogens (tertiary/aromatic N) is 1. The van der Waals surface area contributed by atoms with E-state index in [0.29, 0.717) is 6.61 Å². The van der Waals surface area contributed by atoms with Crippen LogP contribution in [0.1, 0.15) is 11.1 Å². The molecule has 17 heavy (non-hydrogen) atoms. The molecule has 88 valence electrons. The van der Waals surface area contributed by atoms with Crippen molar-refractivity contribution in [3.63, 3.8) is 0 Å². The zero-order chi connectivity index (χ0) is 12.1. The van der Waals surface area contributed by atoms with Crippen molar-refractivity contribution in [2.24, 2.45) is 0 Å². The van der Waals surface area contributed by atoms with Crippen molar-refractivity contribution in [3.05, 3.63) is 50.9 Å². The number of aromatic nitrogens is 1. The minimum Gasteiger partial charge on any atom is -0.461 e. The van der Waals surface area contributed by atoms with Gasteiger partial charge >= 0.3 is 5.97 Å². The number of carbonyl (C=O) groups is 1. The van der Waals surface area contributed by atoms with E-state index in [9.17, 15) is 4.79 Å². The van der Waals surface area contributed by atoms with Gasteiger partial charge < -0.3 is 4.74 Å². The summed E-state index contributed by atoms with van der Waals surface area (Å²) >= 11 is 4.94. The Hall–Kier alpha value is -1.20. The van der Waals surface area contributed by atoms with Gasteiger partial charge in [0.1, 0.15) is 6.61 Å². The van der Waals surface area contributed by atoms with Crippen LogP contribution in [0.15, 0.2) is 39.8 Å². The Morgan fingerprint density at radius 1 is 1.47 bits per heavy atom. The number of hydrogen-bond donors (Lipinski definition) is 0. The molecule has 5 heteroatoms. The first kappa shape index (κ1) is 12.3. The van der Waals surface area contributed by atoms with Gasteiger partial charge in [-0.25, -0.2) is 0 Å². The van der Waals surface area contributed by atoms with Crippen LogP contribution in [-0.4, -0.2) is 11.0 Å². The van der Waals surface area contributed by atoms with Crippen molar-refractivity contribution in [1.82, 2.24) is 4.98 Å². The monoisotopic (exact) mass is 311 g/mol. The second kappa shape index (κ2) is 5.93. The normalized spacial score (nSPS) is 10.2. The Bertz CT molecular complexity index is 498. The van der Waals surface area contributed by atoms with Crippen LogP contribution in [0.5, 0.6) is 0 Å². The van der Waals surface area contributed by atoms with Gasteiger partial charge in [-0.3, -0.25) is 9.78 Å². The van der Waals surface area contributed by atoms with E-state index in [1.165, 1.54) is 0 Å². The number of ether oxygens (including phenoxy) is 1. The third kappa shape index (κ3) is 3.94. The molecule has 0 N–H and O–H groups in total. The van der Waals surface area contributed by atoms with E-state index in [-0.39, 0.29) is 12.4 Å². The molecular weight excluding hydrogens is 302 g/mol. The summed E-state index contributed by atoms with van der Waals surface area (Å²) in [7, 11) is 0. The van der Waals surface area contributed by atoms with Gasteiger partial charge in [0.2, 0.25) is 0 Å². The van der Waals surface area contributed by atoms with Gasteiger partial charge in [0.25, 0.3) is 0 Å². The minimum absolute atomic E-state index is 0.236. The van der Waals surface area contributed by atoms with Crippen LogP contribution < -0.4 is 0 Å². The van der Waals surface area contributed by atoms with E-state index in [4.69, 9.17) is 4.74 Å². The summed E-state index contributed by atoms with van der Waals surface area (Å²) in [6.45, 7) is 0.321. The van der Waals surface area contributed by atoms with Crippen LogP contribution in [-0.2, 0) is 22.6 Å². The molecule has 0 amide bonds. The van der Waals surface area contributed by atoms with E-state index >= 15 is 0 Å². The predicted molar refractivity (Wildman–Crippen MR) is 69.8 cm³/mol. The van der Waals surface area contributed by atoms with Crippen molar-refractivity contribution >= 4 is 33.2 Å². The Morgan fingerprint density at radius 2 is 2.35 bits per heavy atom. The Balaban J connectivity index is 1.82. The van der Waals surface area contributed by atoms with Crippen LogP contribution in [0.4, 0.5) is 0 Å². The maximum absolute atomic E-state index is 11.5. The van der Waals surface area contributed by atoms with Crippen LogP contribution in [0, 0.1) is 0 Å². The summed E-state index contributed by atoms with van der Waals surface area (Å²) in [5.74, 6) is -0.236. The van der Waals surface area contributed by atoms with Crippen LogP contribution in [0.25, 0.3) is 0 Å². The Labute approximate surface area is 112 Å². The van der Waals surface area contributed by atoms with E-state index in [2.05, 4.69) is 20.9 Å². The highest BCUT2D eigenvalue weighted by atomic mass is 79.9. The highest BCUT2D eigenvalue weighted by Gasteiger charge is 2.06. The first-order valence-electron chi connectivity index (χ1n) is 5.01. The standard InChI is InChI=1S/C12H10BrNO2S/c13-11-4-10(8-17-11)7-16-12(15)5-9-2-1-3-14-6-9/h1-4,6,8H,5,7H2. The van der Waals surface area contributed by atoms with Gasteiger partial charge in [-0.2, -0.15) is 0 Å². The average molecular weight is 312 g/mol. The van der Waals surface area contributed by atoms with Crippen molar-refractivity contribution in [1.29, 1.82) is 0 Å². The van der Waals surface area contributed by atoms with Crippen molar-refractivity contribution in [2.75, 3.05) is 0 Å². The Morgan fingerprint density at radius 3 is 3.00 bits per heavy atom. The second-order valence-electron chi connectivity index (χ2n) is 3.46. The van der Waals surface area contributed by atoms with Crippen molar-refractivity contribution in [3.8, 4) is 0 Å². The average Bonchev–Trinajstić information content (AvgIpc) is 2.74. The number of thiophene rings is 1. The van der Waals surface area contributed by atoms with E-state index in [1.807, 2.05) is 17.5 Å². The third-order valence-electron chi connectivity index (χ3n) is 2.09. The molecule has 0 unspecified atom stereocenters.